The SMILES string of the molecule is NCC(O)COc1ccc(O)c2c1CCCC2. The molecular formula is C13H19NO3. The predicted molar refractivity (Wildman–Crippen MR) is 65.3 cm³/mol. The standard InChI is InChI=1S/C13H19NO3/c14-7-9(15)8-17-13-6-5-12(16)10-3-1-2-4-11(10)13/h5-6,9,15-16H,1-4,7-8,14H2. The van der Waals surface area contributed by atoms with Crippen LogP contribution in [0.2, 0.25) is 0 Å². The molecule has 0 saturated heterocycles. The molecule has 0 spiro atoms. The van der Waals surface area contributed by atoms with Crippen molar-refractivity contribution in [3.8, 4) is 11.5 Å². The molecule has 2 rings (SSSR count). The molecule has 4 N–H and O–H groups in total. The van der Waals surface area contributed by atoms with Gasteiger partial charge in [0.1, 0.15) is 24.2 Å². The molecule has 1 aromatic carbocycles. The van der Waals surface area contributed by atoms with Crippen molar-refractivity contribution in [1.29, 1.82) is 0 Å². The van der Waals surface area contributed by atoms with Gasteiger partial charge in [-0.2, -0.15) is 0 Å². The zero-order valence-electron chi connectivity index (χ0n) is 9.85. The van der Waals surface area contributed by atoms with Gasteiger partial charge in [0.2, 0.25) is 0 Å². The van der Waals surface area contributed by atoms with Crippen LogP contribution in [0.25, 0.3) is 0 Å². The summed E-state index contributed by atoms with van der Waals surface area (Å²) in [7, 11) is 0. The number of ether oxygens (including phenoxy) is 1. The van der Waals surface area contributed by atoms with E-state index in [9.17, 15) is 10.2 Å². The van der Waals surface area contributed by atoms with Crippen LogP contribution in [-0.4, -0.2) is 29.5 Å². The number of hydrogen-bond donors (Lipinski definition) is 3. The van der Waals surface area contributed by atoms with Gasteiger partial charge in [-0.25, -0.2) is 0 Å². The largest absolute Gasteiger partial charge is 0.508 e. The van der Waals surface area contributed by atoms with Crippen molar-refractivity contribution in [3.05, 3.63) is 23.3 Å². The fourth-order valence-electron chi connectivity index (χ4n) is 2.20. The van der Waals surface area contributed by atoms with E-state index in [1.807, 2.05) is 0 Å². The zero-order valence-corrected chi connectivity index (χ0v) is 9.85. The number of rotatable bonds is 4. The average Bonchev–Trinajstić information content (AvgIpc) is 2.38. The highest BCUT2D eigenvalue weighted by Gasteiger charge is 2.18. The Balaban J connectivity index is 2.17. The van der Waals surface area contributed by atoms with Crippen molar-refractivity contribution in [2.75, 3.05) is 13.2 Å². The lowest BCUT2D eigenvalue weighted by Crippen LogP contribution is -2.27. The van der Waals surface area contributed by atoms with Crippen LogP contribution in [-0.2, 0) is 12.8 Å². The molecule has 0 aromatic heterocycles. The van der Waals surface area contributed by atoms with Crippen LogP contribution in [0.5, 0.6) is 11.5 Å². The first-order valence-corrected chi connectivity index (χ1v) is 6.07. The second-order valence-corrected chi connectivity index (χ2v) is 4.45. The molecule has 17 heavy (non-hydrogen) atoms. The number of aliphatic hydroxyl groups excluding tert-OH is 1. The second-order valence-electron chi connectivity index (χ2n) is 4.45. The molecule has 0 fully saturated rings. The zero-order chi connectivity index (χ0) is 12.3. The fraction of sp³-hybridized carbons (Fsp3) is 0.538. The highest BCUT2D eigenvalue weighted by Crippen LogP contribution is 2.35. The molecule has 0 aliphatic heterocycles. The minimum absolute atomic E-state index is 0.195. The quantitative estimate of drug-likeness (QED) is 0.729. The van der Waals surface area contributed by atoms with E-state index in [2.05, 4.69) is 0 Å². The number of nitrogens with two attached hydrogens (primary N) is 1. The predicted octanol–water partition coefficient (Wildman–Crippen LogP) is 0.969. The van der Waals surface area contributed by atoms with E-state index in [0.717, 1.165) is 42.6 Å². The van der Waals surface area contributed by atoms with Gasteiger partial charge < -0.3 is 20.7 Å². The first kappa shape index (κ1) is 12.2. The summed E-state index contributed by atoms with van der Waals surface area (Å²) in [6.07, 6.45) is 3.42. The Bertz CT molecular complexity index is 392. The second kappa shape index (κ2) is 5.38. The summed E-state index contributed by atoms with van der Waals surface area (Å²) in [5.41, 5.74) is 7.41. The van der Waals surface area contributed by atoms with E-state index in [-0.39, 0.29) is 13.2 Å². The molecule has 0 bridgehead atoms. The van der Waals surface area contributed by atoms with Crippen molar-refractivity contribution in [2.45, 2.75) is 31.8 Å². The summed E-state index contributed by atoms with van der Waals surface area (Å²) >= 11 is 0. The number of fused-ring (bicyclic) bond motifs is 1. The molecule has 94 valence electrons. The maximum absolute atomic E-state index is 9.78. The molecule has 0 radical (unpaired) electrons. The van der Waals surface area contributed by atoms with Crippen LogP contribution in [0, 0.1) is 0 Å². The molecule has 4 nitrogen and oxygen atoms in total. The van der Waals surface area contributed by atoms with Crippen molar-refractivity contribution >= 4 is 0 Å². The molecule has 1 aromatic rings. The number of aromatic hydroxyl groups is 1. The molecule has 1 unspecified atom stereocenters. The van der Waals surface area contributed by atoms with Gasteiger partial charge in [-0.15, -0.1) is 0 Å². The Morgan fingerprint density at radius 2 is 1.94 bits per heavy atom. The van der Waals surface area contributed by atoms with Crippen LogP contribution in [0.4, 0.5) is 0 Å². The van der Waals surface area contributed by atoms with Crippen LogP contribution >= 0.6 is 0 Å². The molecule has 0 saturated carbocycles. The summed E-state index contributed by atoms with van der Waals surface area (Å²) in [6.45, 7) is 0.397. The molecule has 1 aliphatic carbocycles. The average molecular weight is 237 g/mol. The Labute approximate surface area is 101 Å². The highest BCUT2D eigenvalue weighted by atomic mass is 16.5. The van der Waals surface area contributed by atoms with Gasteiger partial charge in [0.25, 0.3) is 0 Å². The lowest BCUT2D eigenvalue weighted by Gasteiger charge is -2.21. The summed E-state index contributed by atoms with van der Waals surface area (Å²) < 4.78 is 5.57. The maximum Gasteiger partial charge on any atom is 0.123 e. The van der Waals surface area contributed by atoms with Crippen LogP contribution < -0.4 is 10.5 Å². The minimum atomic E-state index is -0.636. The van der Waals surface area contributed by atoms with Crippen LogP contribution in [0.15, 0.2) is 12.1 Å². The normalized spacial score (nSPS) is 16.4. The van der Waals surface area contributed by atoms with Gasteiger partial charge >= 0.3 is 0 Å². The van der Waals surface area contributed by atoms with E-state index < -0.39 is 6.10 Å². The molecule has 4 heteroatoms. The topological polar surface area (TPSA) is 75.7 Å². The number of phenols is 1. The monoisotopic (exact) mass is 237 g/mol. The minimum Gasteiger partial charge on any atom is -0.508 e. The Morgan fingerprint density at radius 3 is 2.65 bits per heavy atom. The van der Waals surface area contributed by atoms with E-state index in [0.29, 0.717) is 5.75 Å². The van der Waals surface area contributed by atoms with Gasteiger partial charge in [-0.05, 0) is 37.8 Å². The summed E-state index contributed by atoms with van der Waals surface area (Å²) in [6, 6.07) is 3.43. The highest BCUT2D eigenvalue weighted by molar-refractivity contribution is 5.49. The Morgan fingerprint density at radius 1 is 1.24 bits per heavy atom. The third-order valence-electron chi connectivity index (χ3n) is 3.17. The summed E-state index contributed by atoms with van der Waals surface area (Å²) in [4.78, 5) is 0. The molecular weight excluding hydrogens is 218 g/mol. The van der Waals surface area contributed by atoms with Crippen molar-refractivity contribution in [2.24, 2.45) is 5.73 Å². The van der Waals surface area contributed by atoms with Gasteiger partial charge in [0.05, 0.1) is 0 Å². The molecule has 1 atom stereocenters. The number of phenolic OH excluding ortho intramolecular Hbond substituents is 1. The third-order valence-corrected chi connectivity index (χ3v) is 3.17. The van der Waals surface area contributed by atoms with E-state index in [1.165, 1.54) is 0 Å². The maximum atomic E-state index is 9.78. The lowest BCUT2D eigenvalue weighted by molar-refractivity contribution is 0.113. The van der Waals surface area contributed by atoms with E-state index >= 15 is 0 Å². The van der Waals surface area contributed by atoms with Crippen molar-refractivity contribution < 1.29 is 14.9 Å². The van der Waals surface area contributed by atoms with E-state index in [4.69, 9.17) is 10.5 Å². The van der Waals surface area contributed by atoms with Crippen molar-refractivity contribution in [1.82, 2.24) is 0 Å². The molecule has 0 heterocycles. The van der Waals surface area contributed by atoms with Gasteiger partial charge in [-0.3, -0.25) is 0 Å². The first-order chi connectivity index (χ1) is 8.22. The lowest BCUT2D eigenvalue weighted by atomic mass is 9.90. The van der Waals surface area contributed by atoms with Gasteiger partial charge in [-0.1, -0.05) is 0 Å². The summed E-state index contributed by atoms with van der Waals surface area (Å²) in [5.74, 6) is 1.12. The van der Waals surface area contributed by atoms with E-state index in [1.54, 1.807) is 12.1 Å². The number of benzene rings is 1. The summed E-state index contributed by atoms with van der Waals surface area (Å²) in [5, 5.41) is 19.2. The number of hydrogen-bond acceptors (Lipinski definition) is 4. The smallest absolute Gasteiger partial charge is 0.123 e. The third kappa shape index (κ3) is 2.70. The fourth-order valence-corrected chi connectivity index (χ4v) is 2.20. The van der Waals surface area contributed by atoms with Crippen LogP contribution in [0.1, 0.15) is 24.0 Å². The Hall–Kier alpha value is -1.26. The number of aliphatic hydroxyl groups is 1. The molecule has 1 aliphatic rings. The van der Waals surface area contributed by atoms with Gasteiger partial charge in [0.15, 0.2) is 0 Å². The van der Waals surface area contributed by atoms with Crippen molar-refractivity contribution in [3.63, 3.8) is 0 Å². The van der Waals surface area contributed by atoms with Crippen LogP contribution in [0.3, 0.4) is 0 Å². The van der Waals surface area contributed by atoms with Gasteiger partial charge in [0, 0.05) is 17.7 Å². The molecule has 0 amide bonds. The first-order valence-electron chi connectivity index (χ1n) is 6.07. The Kier molecular flexibility index (Phi) is 3.86.